The Hall–Kier alpha value is -2.83. The first kappa shape index (κ1) is 16.6. The number of aromatic nitrogens is 2. The molecule has 1 N–H and O–H groups in total. The molecule has 0 saturated carbocycles. The van der Waals surface area contributed by atoms with Crippen LogP contribution in [0.5, 0.6) is 5.88 Å². The van der Waals surface area contributed by atoms with E-state index in [1.165, 1.54) is 17.5 Å². The van der Waals surface area contributed by atoms with Crippen LogP contribution in [0, 0.1) is 0 Å². The molecule has 1 fully saturated rings. The van der Waals surface area contributed by atoms with Gasteiger partial charge in [-0.1, -0.05) is 6.07 Å². The average Bonchev–Trinajstić information content (AvgIpc) is 3.16. The largest absolute Gasteiger partial charge is 0.481 e. The molecule has 2 aliphatic rings. The molecule has 2 aromatic rings. The van der Waals surface area contributed by atoms with E-state index < -0.39 is 0 Å². The summed E-state index contributed by atoms with van der Waals surface area (Å²) in [6, 6.07) is 7.93. The van der Waals surface area contributed by atoms with E-state index >= 15 is 0 Å². The molecule has 1 aliphatic carbocycles. The Labute approximate surface area is 153 Å². The predicted octanol–water partition coefficient (Wildman–Crippen LogP) is 2.33. The van der Waals surface area contributed by atoms with Gasteiger partial charge in [-0.2, -0.15) is 4.98 Å². The van der Waals surface area contributed by atoms with Crippen molar-refractivity contribution in [1.82, 2.24) is 14.9 Å². The van der Waals surface area contributed by atoms with Gasteiger partial charge in [0.15, 0.2) is 0 Å². The lowest BCUT2D eigenvalue weighted by Crippen LogP contribution is -2.50. The minimum Gasteiger partial charge on any atom is -0.481 e. The molecule has 1 saturated heterocycles. The molecule has 2 heterocycles. The quantitative estimate of drug-likeness (QED) is 0.917. The minimum atomic E-state index is -0.0471. The first-order chi connectivity index (χ1) is 12.7. The molecule has 1 aliphatic heterocycles. The van der Waals surface area contributed by atoms with E-state index in [4.69, 9.17) is 4.74 Å². The number of piperazine rings is 1. The van der Waals surface area contributed by atoms with Gasteiger partial charge in [0.2, 0.25) is 11.8 Å². The number of urea groups is 1. The van der Waals surface area contributed by atoms with Gasteiger partial charge in [0, 0.05) is 44.1 Å². The summed E-state index contributed by atoms with van der Waals surface area (Å²) in [4.78, 5) is 25.1. The summed E-state index contributed by atoms with van der Waals surface area (Å²) >= 11 is 0. The maximum atomic E-state index is 12.6. The average molecular weight is 353 g/mol. The highest BCUT2D eigenvalue weighted by atomic mass is 16.5. The van der Waals surface area contributed by atoms with Gasteiger partial charge in [-0.15, -0.1) is 0 Å². The number of fused-ring (bicyclic) bond motifs is 1. The SMILES string of the molecule is COc1ccnc(N2CCN(C(=O)Nc3ccc4c(c3)CCC4)CC2)n1. The molecule has 2 amide bonds. The smallest absolute Gasteiger partial charge is 0.321 e. The minimum absolute atomic E-state index is 0.0471. The van der Waals surface area contributed by atoms with Crippen LogP contribution in [0.1, 0.15) is 17.5 Å². The van der Waals surface area contributed by atoms with Gasteiger partial charge in [-0.3, -0.25) is 0 Å². The van der Waals surface area contributed by atoms with Crippen LogP contribution in [-0.4, -0.2) is 54.2 Å². The first-order valence-corrected chi connectivity index (χ1v) is 9.02. The molecule has 1 aromatic carbocycles. The molecule has 26 heavy (non-hydrogen) atoms. The summed E-state index contributed by atoms with van der Waals surface area (Å²) in [7, 11) is 1.59. The van der Waals surface area contributed by atoms with Crippen molar-refractivity contribution in [1.29, 1.82) is 0 Å². The molecule has 7 heteroatoms. The van der Waals surface area contributed by atoms with Crippen molar-refractivity contribution in [3.05, 3.63) is 41.6 Å². The van der Waals surface area contributed by atoms with Gasteiger partial charge >= 0.3 is 6.03 Å². The third-order valence-electron chi connectivity index (χ3n) is 5.03. The fraction of sp³-hybridized carbons (Fsp3) is 0.421. The standard InChI is InChI=1S/C19H23N5O2/c1-26-17-7-8-20-18(22-17)23-9-11-24(12-10-23)19(25)21-16-6-5-14-3-2-4-15(14)13-16/h5-8,13H,2-4,9-12H2,1H3,(H,21,25). The van der Waals surface area contributed by atoms with Gasteiger partial charge < -0.3 is 19.9 Å². The van der Waals surface area contributed by atoms with Gasteiger partial charge in [-0.25, -0.2) is 9.78 Å². The van der Waals surface area contributed by atoms with E-state index in [9.17, 15) is 4.79 Å². The summed E-state index contributed by atoms with van der Waals surface area (Å²) in [6.45, 7) is 2.67. The molecule has 0 radical (unpaired) electrons. The zero-order valence-electron chi connectivity index (χ0n) is 14.9. The second-order valence-electron chi connectivity index (χ2n) is 6.64. The molecule has 136 valence electrons. The molecule has 0 unspecified atom stereocenters. The fourth-order valence-electron chi connectivity index (χ4n) is 3.56. The highest BCUT2D eigenvalue weighted by molar-refractivity contribution is 5.89. The second kappa shape index (κ2) is 7.19. The van der Waals surface area contributed by atoms with Gasteiger partial charge in [-0.05, 0) is 42.5 Å². The first-order valence-electron chi connectivity index (χ1n) is 9.02. The molecule has 7 nitrogen and oxygen atoms in total. The monoisotopic (exact) mass is 353 g/mol. The number of hydrogen-bond donors (Lipinski definition) is 1. The van der Waals surface area contributed by atoms with Crippen molar-refractivity contribution in [2.45, 2.75) is 19.3 Å². The van der Waals surface area contributed by atoms with Crippen LogP contribution in [-0.2, 0) is 12.8 Å². The number of carbonyl (C=O) groups excluding carboxylic acids is 1. The highest BCUT2D eigenvalue weighted by Gasteiger charge is 2.23. The van der Waals surface area contributed by atoms with Crippen molar-refractivity contribution in [2.75, 3.05) is 43.5 Å². The van der Waals surface area contributed by atoms with Crippen LogP contribution in [0.2, 0.25) is 0 Å². The third-order valence-corrected chi connectivity index (χ3v) is 5.03. The van der Waals surface area contributed by atoms with Crippen LogP contribution < -0.4 is 15.0 Å². The summed E-state index contributed by atoms with van der Waals surface area (Å²) in [6.07, 6.45) is 5.16. The number of carbonyl (C=O) groups is 1. The van der Waals surface area contributed by atoms with E-state index in [0.717, 1.165) is 18.5 Å². The number of anilines is 2. The Morgan fingerprint density at radius 2 is 1.92 bits per heavy atom. The summed E-state index contributed by atoms with van der Waals surface area (Å²) in [5.74, 6) is 1.19. The number of benzene rings is 1. The van der Waals surface area contributed by atoms with E-state index in [0.29, 0.717) is 38.0 Å². The van der Waals surface area contributed by atoms with E-state index in [1.54, 1.807) is 19.4 Å². The molecular weight excluding hydrogens is 330 g/mol. The topological polar surface area (TPSA) is 70.6 Å². The molecular formula is C19H23N5O2. The number of methoxy groups -OCH3 is 1. The highest BCUT2D eigenvalue weighted by Crippen LogP contribution is 2.25. The van der Waals surface area contributed by atoms with E-state index in [-0.39, 0.29) is 6.03 Å². The van der Waals surface area contributed by atoms with Crippen molar-refractivity contribution in [2.24, 2.45) is 0 Å². The van der Waals surface area contributed by atoms with Crippen molar-refractivity contribution in [3.63, 3.8) is 0 Å². The number of amides is 2. The molecule has 0 spiro atoms. The Morgan fingerprint density at radius 1 is 1.12 bits per heavy atom. The Morgan fingerprint density at radius 3 is 2.73 bits per heavy atom. The summed E-state index contributed by atoms with van der Waals surface area (Å²) in [5.41, 5.74) is 3.66. The Kier molecular flexibility index (Phi) is 4.60. The normalized spacial score (nSPS) is 16.3. The van der Waals surface area contributed by atoms with Crippen molar-refractivity contribution < 1.29 is 9.53 Å². The van der Waals surface area contributed by atoms with Crippen LogP contribution in [0.25, 0.3) is 0 Å². The van der Waals surface area contributed by atoms with Gasteiger partial charge in [0.25, 0.3) is 0 Å². The van der Waals surface area contributed by atoms with E-state index in [2.05, 4.69) is 32.3 Å². The number of ether oxygens (including phenoxy) is 1. The molecule has 0 atom stereocenters. The van der Waals surface area contributed by atoms with Crippen LogP contribution in [0.3, 0.4) is 0 Å². The fourth-order valence-corrected chi connectivity index (χ4v) is 3.56. The zero-order chi connectivity index (χ0) is 17.9. The molecule has 4 rings (SSSR count). The van der Waals surface area contributed by atoms with Gasteiger partial charge in [0.05, 0.1) is 7.11 Å². The van der Waals surface area contributed by atoms with Crippen LogP contribution in [0.15, 0.2) is 30.5 Å². The van der Waals surface area contributed by atoms with Crippen LogP contribution >= 0.6 is 0 Å². The number of nitrogens with zero attached hydrogens (tertiary/aromatic N) is 4. The molecule has 0 bridgehead atoms. The van der Waals surface area contributed by atoms with Crippen molar-refractivity contribution in [3.8, 4) is 5.88 Å². The second-order valence-corrected chi connectivity index (χ2v) is 6.64. The number of rotatable bonds is 3. The lowest BCUT2D eigenvalue weighted by Gasteiger charge is -2.34. The third kappa shape index (κ3) is 3.42. The van der Waals surface area contributed by atoms with E-state index in [1.807, 2.05) is 11.0 Å². The summed E-state index contributed by atoms with van der Waals surface area (Å²) in [5, 5.41) is 3.03. The lowest BCUT2D eigenvalue weighted by molar-refractivity contribution is 0.208. The van der Waals surface area contributed by atoms with Gasteiger partial charge in [0.1, 0.15) is 0 Å². The predicted molar refractivity (Wildman–Crippen MR) is 99.9 cm³/mol. The molecule has 1 aromatic heterocycles. The lowest BCUT2D eigenvalue weighted by atomic mass is 10.1. The Balaban J connectivity index is 1.34. The number of nitrogens with one attached hydrogen (secondary N) is 1. The zero-order valence-corrected chi connectivity index (χ0v) is 14.9. The number of aryl methyl sites for hydroxylation is 2. The maximum Gasteiger partial charge on any atom is 0.321 e. The Bertz CT molecular complexity index is 802. The maximum absolute atomic E-state index is 12.6. The summed E-state index contributed by atoms with van der Waals surface area (Å²) < 4.78 is 5.15. The van der Waals surface area contributed by atoms with Crippen molar-refractivity contribution >= 4 is 17.7 Å². The number of hydrogen-bond acceptors (Lipinski definition) is 5. The van der Waals surface area contributed by atoms with Crippen LogP contribution in [0.4, 0.5) is 16.4 Å².